The molecule has 0 saturated heterocycles. The van der Waals surface area contributed by atoms with E-state index >= 15 is 0 Å². The minimum Gasteiger partial charge on any atom is -0.307 e. The lowest BCUT2D eigenvalue weighted by Crippen LogP contribution is -2.26. The average molecular weight is 169 g/mol. The molecule has 0 N–H and O–H groups in total. The summed E-state index contributed by atoms with van der Waals surface area (Å²) in [6, 6.07) is 0. The van der Waals surface area contributed by atoms with Crippen LogP contribution < -0.4 is 0 Å². The predicted molar refractivity (Wildman–Crippen MR) is 59.5 cm³/mol. The molecule has 12 heavy (non-hydrogen) atoms. The maximum atomic E-state index is 2.39. The van der Waals surface area contributed by atoms with Gasteiger partial charge in [-0.15, -0.1) is 0 Å². The van der Waals surface area contributed by atoms with Crippen LogP contribution in [0.1, 0.15) is 34.6 Å². The molecule has 0 bridgehead atoms. The lowest BCUT2D eigenvalue weighted by atomic mass is 9.48. The van der Waals surface area contributed by atoms with E-state index in [0.29, 0.717) is 5.31 Å². The monoisotopic (exact) mass is 169 g/mol. The molecule has 0 fully saturated rings. The average Bonchev–Trinajstić information content (AvgIpc) is 1.82. The van der Waals surface area contributed by atoms with Crippen molar-refractivity contribution >= 4 is 7.28 Å². The van der Waals surface area contributed by atoms with Crippen LogP contribution in [-0.4, -0.2) is 32.3 Å². The molecule has 0 spiro atoms. The molecule has 0 saturated carbocycles. The fraction of sp³-hybridized carbons (Fsp3) is 1.00. The summed E-state index contributed by atoms with van der Waals surface area (Å²) in [5.41, 5.74) is 0. The molecule has 1 nitrogen and oxygen atoms in total. The van der Waals surface area contributed by atoms with Gasteiger partial charge < -0.3 is 4.90 Å². The van der Waals surface area contributed by atoms with Crippen molar-refractivity contribution in [2.45, 2.75) is 45.8 Å². The van der Waals surface area contributed by atoms with Gasteiger partial charge in [0.05, 0.1) is 0 Å². The van der Waals surface area contributed by atoms with Crippen LogP contribution in [0.15, 0.2) is 0 Å². The van der Waals surface area contributed by atoms with Gasteiger partial charge in [-0.25, -0.2) is 0 Å². The molecule has 0 heterocycles. The third-order valence-corrected chi connectivity index (χ3v) is 2.12. The lowest BCUT2D eigenvalue weighted by molar-refractivity contribution is 0.351. The molecule has 0 amide bonds. The molecule has 1 atom stereocenters. The van der Waals surface area contributed by atoms with E-state index in [4.69, 9.17) is 0 Å². The summed E-state index contributed by atoms with van der Waals surface area (Å²) in [7, 11) is 3.51. The fourth-order valence-electron chi connectivity index (χ4n) is 1.77. The van der Waals surface area contributed by atoms with E-state index in [-0.39, 0.29) is 0 Å². The fourth-order valence-corrected chi connectivity index (χ4v) is 1.77. The maximum absolute atomic E-state index is 2.39. The molecule has 1 unspecified atom stereocenters. The quantitative estimate of drug-likeness (QED) is 0.584. The molecule has 0 aromatic carbocycles. The second-order valence-electron chi connectivity index (χ2n) is 5.22. The first kappa shape index (κ1) is 12.0. The van der Waals surface area contributed by atoms with Crippen molar-refractivity contribution in [1.29, 1.82) is 0 Å². The molecule has 0 aromatic rings. The summed E-state index contributed by atoms with van der Waals surface area (Å²) in [6.07, 6.45) is 0. The van der Waals surface area contributed by atoms with Gasteiger partial charge in [0.15, 0.2) is 0 Å². The normalized spacial score (nSPS) is 14.9. The van der Waals surface area contributed by atoms with Gasteiger partial charge >= 0.3 is 0 Å². The van der Waals surface area contributed by atoms with E-state index < -0.39 is 0 Å². The van der Waals surface area contributed by atoms with Crippen LogP contribution in [0.25, 0.3) is 0 Å². The van der Waals surface area contributed by atoms with Crippen LogP contribution in [0.5, 0.6) is 0 Å². The van der Waals surface area contributed by atoms with Crippen LogP contribution in [0.4, 0.5) is 0 Å². The summed E-state index contributed by atoms with van der Waals surface area (Å²) >= 11 is 0. The number of nitrogens with zero attached hydrogens (tertiary/aromatic N) is 1. The van der Waals surface area contributed by atoms with Crippen molar-refractivity contribution in [3.8, 4) is 0 Å². The van der Waals surface area contributed by atoms with E-state index in [0.717, 1.165) is 12.4 Å². The molecule has 0 aliphatic heterocycles. The molecular formula is C10H24BN. The summed E-state index contributed by atoms with van der Waals surface area (Å²) in [6.45, 7) is 13.9. The van der Waals surface area contributed by atoms with Gasteiger partial charge in [-0.1, -0.05) is 45.8 Å². The van der Waals surface area contributed by atoms with Gasteiger partial charge in [-0.3, -0.25) is 0 Å². The summed E-state index contributed by atoms with van der Waals surface area (Å²) in [4.78, 5) is 2.39. The van der Waals surface area contributed by atoms with Crippen LogP contribution in [0, 0.1) is 0 Å². The standard InChI is InChI=1S/C10H24BN/c1-7-12(6)8-9(2)11-10(3,4)5/h9,11H,7-8H2,1-6H3. The predicted octanol–water partition coefficient (Wildman–Crippen LogP) is 2.40. The Labute approximate surface area is 78.8 Å². The zero-order chi connectivity index (χ0) is 9.78. The molecule has 2 heteroatoms. The SMILES string of the molecule is CCN(C)CC(C)BC(C)(C)C. The van der Waals surface area contributed by atoms with Crippen molar-refractivity contribution in [3.63, 3.8) is 0 Å². The smallest absolute Gasteiger partial charge is 0.131 e. The Morgan fingerprint density at radius 3 is 2.17 bits per heavy atom. The minimum atomic E-state index is 0.480. The van der Waals surface area contributed by atoms with Crippen molar-refractivity contribution in [2.75, 3.05) is 20.1 Å². The highest BCUT2D eigenvalue weighted by molar-refractivity contribution is 6.41. The Balaban J connectivity index is 3.66. The highest BCUT2D eigenvalue weighted by atomic mass is 15.1. The Hall–Kier alpha value is 0.0249. The number of hydrogen-bond donors (Lipinski definition) is 0. The summed E-state index contributed by atoms with van der Waals surface area (Å²) in [5, 5.41) is 0.480. The first-order chi connectivity index (χ1) is 5.35. The van der Waals surface area contributed by atoms with E-state index in [1.165, 1.54) is 13.8 Å². The van der Waals surface area contributed by atoms with Crippen molar-refractivity contribution in [2.24, 2.45) is 0 Å². The van der Waals surface area contributed by atoms with Crippen LogP contribution in [0.3, 0.4) is 0 Å². The summed E-state index contributed by atoms with van der Waals surface area (Å²) in [5.74, 6) is 0.815. The van der Waals surface area contributed by atoms with Gasteiger partial charge in [0.2, 0.25) is 0 Å². The number of hydrogen-bond acceptors (Lipinski definition) is 1. The Kier molecular flexibility index (Phi) is 4.92. The summed E-state index contributed by atoms with van der Waals surface area (Å²) < 4.78 is 0. The van der Waals surface area contributed by atoms with Crippen molar-refractivity contribution in [1.82, 2.24) is 4.90 Å². The molecule has 0 aliphatic carbocycles. The van der Waals surface area contributed by atoms with Crippen LogP contribution in [0.2, 0.25) is 11.1 Å². The zero-order valence-corrected chi connectivity index (χ0v) is 9.65. The van der Waals surface area contributed by atoms with Gasteiger partial charge in [0, 0.05) is 0 Å². The topological polar surface area (TPSA) is 3.24 Å². The highest BCUT2D eigenvalue weighted by Crippen LogP contribution is 2.25. The van der Waals surface area contributed by atoms with Gasteiger partial charge in [0.25, 0.3) is 0 Å². The molecule has 0 radical (unpaired) electrons. The van der Waals surface area contributed by atoms with E-state index in [1.807, 2.05) is 0 Å². The Morgan fingerprint density at radius 1 is 1.33 bits per heavy atom. The van der Waals surface area contributed by atoms with E-state index in [2.05, 4.69) is 46.6 Å². The first-order valence-corrected chi connectivity index (χ1v) is 5.03. The highest BCUT2D eigenvalue weighted by Gasteiger charge is 2.17. The first-order valence-electron chi connectivity index (χ1n) is 5.03. The molecular weight excluding hydrogens is 145 g/mol. The maximum Gasteiger partial charge on any atom is 0.131 e. The van der Waals surface area contributed by atoms with Gasteiger partial charge in [0.1, 0.15) is 7.28 Å². The van der Waals surface area contributed by atoms with E-state index in [1.54, 1.807) is 0 Å². The van der Waals surface area contributed by atoms with Crippen LogP contribution >= 0.6 is 0 Å². The van der Waals surface area contributed by atoms with Crippen LogP contribution in [-0.2, 0) is 0 Å². The number of rotatable bonds is 4. The molecule has 0 rings (SSSR count). The second-order valence-corrected chi connectivity index (χ2v) is 5.22. The Bertz CT molecular complexity index is 117. The Morgan fingerprint density at radius 2 is 1.83 bits per heavy atom. The molecule has 72 valence electrons. The van der Waals surface area contributed by atoms with Gasteiger partial charge in [-0.2, -0.15) is 0 Å². The third kappa shape index (κ3) is 6.72. The lowest BCUT2D eigenvalue weighted by Gasteiger charge is -2.25. The minimum absolute atomic E-state index is 0.480. The third-order valence-electron chi connectivity index (χ3n) is 2.12. The zero-order valence-electron chi connectivity index (χ0n) is 9.65. The molecule has 0 aliphatic rings. The van der Waals surface area contributed by atoms with E-state index in [9.17, 15) is 0 Å². The van der Waals surface area contributed by atoms with Crippen molar-refractivity contribution in [3.05, 3.63) is 0 Å². The largest absolute Gasteiger partial charge is 0.307 e. The van der Waals surface area contributed by atoms with Crippen molar-refractivity contribution < 1.29 is 0 Å². The second kappa shape index (κ2) is 4.91. The molecule has 0 aromatic heterocycles. The van der Waals surface area contributed by atoms with Gasteiger partial charge in [-0.05, 0) is 20.1 Å².